The van der Waals surface area contributed by atoms with Crippen LogP contribution in [0.4, 0.5) is 0 Å². The van der Waals surface area contributed by atoms with Crippen molar-refractivity contribution in [1.82, 2.24) is 4.98 Å². The molecule has 18 heavy (non-hydrogen) atoms. The first-order chi connectivity index (χ1) is 8.86. The average molecular weight is 256 g/mol. The van der Waals surface area contributed by atoms with Crippen molar-refractivity contribution in [3.8, 4) is 5.13 Å². The van der Waals surface area contributed by atoms with Gasteiger partial charge >= 0.3 is 5.13 Å². The Morgan fingerprint density at radius 2 is 1.94 bits per heavy atom. The Balaban J connectivity index is 2.00. The quantitative estimate of drug-likeness (QED) is 0.534. The molecule has 3 aromatic rings. The van der Waals surface area contributed by atoms with E-state index < -0.39 is 0 Å². The standard InChI is InChI=1S/C13H10N3OS/c17-14-9-10-5-7-16(8-6-10)13-15-11-3-1-2-4-12(11)18-13/h1-8H,9H2/q+1. The summed E-state index contributed by atoms with van der Waals surface area (Å²) in [4.78, 5) is 14.7. The smallest absolute Gasteiger partial charge is 0.194 e. The lowest BCUT2D eigenvalue weighted by Crippen LogP contribution is -2.29. The van der Waals surface area contributed by atoms with Crippen LogP contribution in [0.3, 0.4) is 0 Å². The molecule has 2 heterocycles. The zero-order chi connectivity index (χ0) is 12.4. The zero-order valence-corrected chi connectivity index (χ0v) is 10.3. The summed E-state index contributed by atoms with van der Waals surface area (Å²) in [5.74, 6) is 0. The van der Waals surface area contributed by atoms with Crippen molar-refractivity contribution >= 4 is 21.6 Å². The Hall–Kier alpha value is -2.14. The van der Waals surface area contributed by atoms with Crippen molar-refractivity contribution in [2.45, 2.75) is 6.54 Å². The van der Waals surface area contributed by atoms with Crippen LogP contribution in [-0.2, 0) is 6.54 Å². The Labute approximate surface area is 108 Å². The van der Waals surface area contributed by atoms with Crippen LogP contribution in [0.2, 0.25) is 0 Å². The van der Waals surface area contributed by atoms with E-state index in [2.05, 4.69) is 16.2 Å². The number of nitroso groups, excluding NO2 is 1. The Bertz CT molecular complexity index is 658. The molecule has 0 aliphatic carbocycles. The predicted octanol–water partition coefficient (Wildman–Crippen LogP) is 2.84. The minimum atomic E-state index is 0.209. The van der Waals surface area contributed by atoms with E-state index in [-0.39, 0.29) is 6.54 Å². The molecule has 0 unspecified atom stereocenters. The van der Waals surface area contributed by atoms with Crippen LogP contribution < -0.4 is 4.57 Å². The topological polar surface area (TPSA) is 46.2 Å². The summed E-state index contributed by atoms with van der Waals surface area (Å²) in [6.45, 7) is 0.209. The fourth-order valence-corrected chi connectivity index (χ4v) is 2.67. The lowest BCUT2D eigenvalue weighted by molar-refractivity contribution is -0.595. The van der Waals surface area contributed by atoms with Gasteiger partial charge in [0.05, 0.1) is 17.1 Å². The average Bonchev–Trinajstić information content (AvgIpc) is 2.84. The maximum Gasteiger partial charge on any atom is 0.388 e. The molecule has 88 valence electrons. The lowest BCUT2D eigenvalue weighted by atomic mass is 10.3. The first-order valence-corrected chi connectivity index (χ1v) is 6.34. The van der Waals surface area contributed by atoms with Gasteiger partial charge in [0, 0.05) is 0 Å². The van der Waals surface area contributed by atoms with Gasteiger partial charge in [-0.05, 0) is 46.1 Å². The van der Waals surface area contributed by atoms with Gasteiger partial charge in [-0.1, -0.05) is 17.3 Å². The highest BCUT2D eigenvalue weighted by molar-refractivity contribution is 7.20. The number of rotatable bonds is 3. The molecule has 0 bridgehead atoms. The summed E-state index contributed by atoms with van der Waals surface area (Å²) in [5, 5.41) is 3.79. The SMILES string of the molecule is O=NCc1cc[n+](-c2nc3ccccc3s2)cc1. The van der Waals surface area contributed by atoms with E-state index in [4.69, 9.17) is 0 Å². The molecule has 3 rings (SSSR count). The van der Waals surface area contributed by atoms with Crippen LogP contribution in [0.15, 0.2) is 54.0 Å². The Morgan fingerprint density at radius 1 is 1.17 bits per heavy atom. The summed E-state index contributed by atoms with van der Waals surface area (Å²) in [5.41, 5.74) is 1.91. The number of fused-ring (bicyclic) bond motifs is 1. The second kappa shape index (κ2) is 4.62. The van der Waals surface area contributed by atoms with Gasteiger partial charge in [0.2, 0.25) is 0 Å². The van der Waals surface area contributed by atoms with Crippen LogP contribution in [0.1, 0.15) is 5.56 Å². The molecule has 0 aliphatic rings. The molecule has 0 fully saturated rings. The van der Waals surface area contributed by atoms with Crippen molar-refractivity contribution in [2.75, 3.05) is 0 Å². The van der Waals surface area contributed by atoms with E-state index in [1.807, 2.05) is 47.3 Å². The molecular formula is C13H10N3OS+. The zero-order valence-electron chi connectivity index (χ0n) is 9.48. The van der Waals surface area contributed by atoms with Gasteiger partial charge in [-0.25, -0.2) is 0 Å². The minimum Gasteiger partial charge on any atom is -0.194 e. The first-order valence-electron chi connectivity index (χ1n) is 5.52. The highest BCUT2D eigenvalue weighted by Gasteiger charge is 2.13. The van der Waals surface area contributed by atoms with Gasteiger partial charge in [0.25, 0.3) is 0 Å². The van der Waals surface area contributed by atoms with Crippen molar-refractivity contribution in [2.24, 2.45) is 5.18 Å². The minimum absolute atomic E-state index is 0.209. The molecular weight excluding hydrogens is 246 g/mol. The van der Waals surface area contributed by atoms with Gasteiger partial charge < -0.3 is 0 Å². The van der Waals surface area contributed by atoms with E-state index in [9.17, 15) is 4.91 Å². The summed E-state index contributed by atoms with van der Waals surface area (Å²) >= 11 is 1.64. The number of pyridine rings is 1. The normalized spacial score (nSPS) is 10.7. The van der Waals surface area contributed by atoms with Crippen LogP contribution in [0, 0.1) is 4.91 Å². The molecule has 1 aromatic carbocycles. The second-order valence-electron chi connectivity index (χ2n) is 3.87. The molecule has 0 saturated carbocycles. The summed E-state index contributed by atoms with van der Waals surface area (Å²) in [6, 6.07) is 11.8. The van der Waals surface area contributed by atoms with Crippen LogP contribution in [0.5, 0.6) is 0 Å². The monoisotopic (exact) mass is 256 g/mol. The van der Waals surface area contributed by atoms with Crippen LogP contribution >= 0.6 is 11.3 Å². The van der Waals surface area contributed by atoms with E-state index >= 15 is 0 Å². The molecule has 4 nitrogen and oxygen atoms in total. The highest BCUT2D eigenvalue weighted by Crippen LogP contribution is 2.21. The largest absolute Gasteiger partial charge is 0.388 e. The summed E-state index contributed by atoms with van der Waals surface area (Å²) in [6.07, 6.45) is 3.80. The van der Waals surface area contributed by atoms with E-state index in [1.165, 1.54) is 4.70 Å². The molecule has 5 heteroatoms. The molecule has 0 atom stereocenters. The second-order valence-corrected chi connectivity index (χ2v) is 4.87. The molecule has 0 amide bonds. The number of thiazole rings is 1. The maximum absolute atomic E-state index is 10.2. The number of hydrogen-bond acceptors (Lipinski definition) is 4. The fourth-order valence-electron chi connectivity index (χ4n) is 1.74. The fraction of sp³-hybridized carbons (Fsp3) is 0.0769. The number of benzene rings is 1. The number of hydrogen-bond donors (Lipinski definition) is 0. The lowest BCUT2D eigenvalue weighted by Gasteiger charge is -1.94. The Morgan fingerprint density at radius 3 is 2.67 bits per heavy atom. The van der Waals surface area contributed by atoms with Crippen LogP contribution in [-0.4, -0.2) is 4.98 Å². The van der Waals surface area contributed by atoms with E-state index in [0.29, 0.717) is 0 Å². The Kier molecular flexibility index (Phi) is 2.82. The van der Waals surface area contributed by atoms with Crippen molar-refractivity contribution < 1.29 is 4.57 Å². The maximum atomic E-state index is 10.2. The van der Waals surface area contributed by atoms with Crippen molar-refractivity contribution in [1.29, 1.82) is 0 Å². The molecule has 0 radical (unpaired) electrons. The summed E-state index contributed by atoms with van der Waals surface area (Å²) < 4.78 is 3.11. The predicted molar refractivity (Wildman–Crippen MR) is 70.7 cm³/mol. The third-order valence-corrected chi connectivity index (χ3v) is 3.70. The third-order valence-electron chi connectivity index (χ3n) is 2.65. The van der Waals surface area contributed by atoms with Crippen LogP contribution in [0.25, 0.3) is 15.3 Å². The van der Waals surface area contributed by atoms with E-state index in [0.717, 1.165) is 16.2 Å². The van der Waals surface area contributed by atoms with E-state index in [1.54, 1.807) is 11.3 Å². The molecule has 0 spiro atoms. The first kappa shape index (κ1) is 11.0. The third kappa shape index (κ3) is 2.00. The van der Waals surface area contributed by atoms with Gasteiger partial charge in [0.15, 0.2) is 5.52 Å². The number of nitrogens with zero attached hydrogens (tertiary/aromatic N) is 3. The van der Waals surface area contributed by atoms with Gasteiger partial charge in [-0.15, -0.1) is 0 Å². The molecule has 0 saturated heterocycles. The van der Waals surface area contributed by atoms with Gasteiger partial charge in [-0.3, -0.25) is 0 Å². The molecule has 0 aliphatic heterocycles. The molecule has 0 N–H and O–H groups in total. The highest BCUT2D eigenvalue weighted by atomic mass is 32.1. The summed E-state index contributed by atoms with van der Waals surface area (Å²) in [7, 11) is 0. The van der Waals surface area contributed by atoms with Gasteiger partial charge in [-0.2, -0.15) is 9.47 Å². The number of aromatic nitrogens is 2. The van der Waals surface area contributed by atoms with Crippen molar-refractivity contribution in [3.05, 3.63) is 59.3 Å². The number of para-hydroxylation sites is 1. The molecule has 2 aromatic heterocycles. The van der Waals surface area contributed by atoms with Gasteiger partial charge in [0.1, 0.15) is 6.54 Å². The van der Waals surface area contributed by atoms with Crippen molar-refractivity contribution in [3.63, 3.8) is 0 Å².